The van der Waals surface area contributed by atoms with E-state index < -0.39 is 0 Å². The van der Waals surface area contributed by atoms with Gasteiger partial charge in [0.1, 0.15) is 0 Å². The molecule has 0 unspecified atom stereocenters. The second-order valence-electron chi connectivity index (χ2n) is 3.87. The third-order valence-electron chi connectivity index (χ3n) is 2.67. The molecule has 1 aliphatic rings. The molecule has 3 heteroatoms. The molecule has 0 radical (unpaired) electrons. The molecule has 0 aliphatic carbocycles. The first kappa shape index (κ1) is 10.6. The topological polar surface area (TPSA) is 37.4 Å². The summed E-state index contributed by atoms with van der Waals surface area (Å²) in [5.74, 6) is -0.346. The van der Waals surface area contributed by atoms with Gasteiger partial charge in [0, 0.05) is 12.0 Å². The molecule has 2 amide bonds. The molecule has 1 aliphatic heterocycles. The molecule has 0 bridgehead atoms. The Morgan fingerprint density at radius 3 is 2.50 bits per heavy atom. The van der Waals surface area contributed by atoms with Gasteiger partial charge in [0.15, 0.2) is 0 Å². The lowest BCUT2D eigenvalue weighted by atomic mass is 10.0. The van der Waals surface area contributed by atoms with Gasteiger partial charge in [0.2, 0.25) is 5.91 Å². The van der Waals surface area contributed by atoms with Crippen LogP contribution in [0.2, 0.25) is 0 Å². The zero-order valence-corrected chi connectivity index (χ0v) is 8.98. The average Bonchev–Trinajstić information content (AvgIpc) is 2.31. The Kier molecular flexibility index (Phi) is 2.86. The van der Waals surface area contributed by atoms with Crippen molar-refractivity contribution in [1.82, 2.24) is 4.90 Å². The van der Waals surface area contributed by atoms with Gasteiger partial charge in [-0.3, -0.25) is 14.5 Å². The van der Waals surface area contributed by atoms with Gasteiger partial charge in [-0.15, -0.1) is 0 Å². The summed E-state index contributed by atoms with van der Waals surface area (Å²) in [4.78, 5) is 24.6. The lowest BCUT2D eigenvalue weighted by Crippen LogP contribution is -2.40. The lowest BCUT2D eigenvalue weighted by molar-refractivity contribution is -0.145. The molecule has 3 nitrogen and oxygen atoms in total. The van der Waals surface area contributed by atoms with Crippen LogP contribution in [-0.2, 0) is 16.1 Å². The van der Waals surface area contributed by atoms with Crippen LogP contribution in [0, 0.1) is 0 Å². The Morgan fingerprint density at radius 1 is 1.12 bits per heavy atom. The normalized spacial score (nSPS) is 16.8. The van der Waals surface area contributed by atoms with E-state index in [0.29, 0.717) is 25.0 Å². The molecular weight excluding hydrogens is 202 g/mol. The van der Waals surface area contributed by atoms with E-state index in [0.717, 1.165) is 5.56 Å². The standard InChI is InChI=1S/C13H13NO2/c1-10-7-8-12(15)14(13(10)16)9-11-5-3-2-4-6-11/h2-6H,1,7-9H2. The Balaban J connectivity index is 2.16. The maximum absolute atomic E-state index is 11.7. The maximum atomic E-state index is 11.7. The summed E-state index contributed by atoms with van der Waals surface area (Å²) in [6, 6.07) is 9.49. The highest BCUT2D eigenvalue weighted by Gasteiger charge is 2.28. The Hall–Kier alpha value is -1.90. The molecule has 1 aromatic carbocycles. The van der Waals surface area contributed by atoms with Crippen LogP contribution >= 0.6 is 0 Å². The van der Waals surface area contributed by atoms with Crippen molar-refractivity contribution in [2.75, 3.05) is 0 Å². The number of amides is 2. The van der Waals surface area contributed by atoms with E-state index in [4.69, 9.17) is 0 Å². The summed E-state index contributed by atoms with van der Waals surface area (Å²) in [6.45, 7) is 4.02. The molecule has 0 spiro atoms. The fourth-order valence-electron chi connectivity index (χ4n) is 1.73. The number of nitrogens with zero attached hydrogens (tertiary/aromatic N) is 1. The number of carbonyl (C=O) groups is 2. The van der Waals surface area contributed by atoms with Gasteiger partial charge in [0.25, 0.3) is 5.91 Å². The highest BCUT2D eigenvalue weighted by molar-refractivity contribution is 6.06. The molecule has 1 fully saturated rings. The molecule has 1 heterocycles. The first-order valence-electron chi connectivity index (χ1n) is 5.25. The molecule has 1 aromatic rings. The van der Waals surface area contributed by atoms with Crippen LogP contribution in [0.5, 0.6) is 0 Å². The number of imide groups is 1. The molecule has 0 atom stereocenters. The van der Waals surface area contributed by atoms with Gasteiger partial charge < -0.3 is 0 Å². The summed E-state index contributed by atoms with van der Waals surface area (Å²) < 4.78 is 0. The second-order valence-corrected chi connectivity index (χ2v) is 3.87. The van der Waals surface area contributed by atoms with E-state index in [9.17, 15) is 9.59 Å². The van der Waals surface area contributed by atoms with Gasteiger partial charge in [-0.25, -0.2) is 0 Å². The van der Waals surface area contributed by atoms with Gasteiger partial charge in [-0.2, -0.15) is 0 Å². The predicted octanol–water partition coefficient (Wildman–Crippen LogP) is 1.89. The molecule has 82 valence electrons. The Bertz CT molecular complexity index is 437. The quantitative estimate of drug-likeness (QED) is 0.558. The molecule has 0 aromatic heterocycles. The summed E-state index contributed by atoms with van der Waals surface area (Å²) in [5, 5.41) is 0. The first-order valence-corrected chi connectivity index (χ1v) is 5.25. The Morgan fingerprint density at radius 2 is 1.81 bits per heavy atom. The lowest BCUT2D eigenvalue weighted by Gasteiger charge is -2.26. The van der Waals surface area contributed by atoms with Crippen LogP contribution in [0.15, 0.2) is 42.5 Å². The average molecular weight is 215 g/mol. The monoisotopic (exact) mass is 215 g/mol. The number of piperidine rings is 1. The van der Waals surface area contributed by atoms with Crippen LogP contribution in [0.4, 0.5) is 0 Å². The van der Waals surface area contributed by atoms with Crippen molar-refractivity contribution >= 4 is 11.8 Å². The maximum Gasteiger partial charge on any atom is 0.256 e. The number of rotatable bonds is 2. The minimum Gasteiger partial charge on any atom is -0.274 e. The summed E-state index contributed by atoms with van der Waals surface area (Å²) in [7, 11) is 0. The van der Waals surface area contributed by atoms with E-state index in [1.54, 1.807) is 0 Å². The number of hydrogen-bond acceptors (Lipinski definition) is 2. The number of carbonyl (C=O) groups excluding carboxylic acids is 2. The van der Waals surface area contributed by atoms with Crippen LogP contribution < -0.4 is 0 Å². The summed E-state index contributed by atoms with van der Waals surface area (Å²) in [6.07, 6.45) is 0.875. The Labute approximate surface area is 94.4 Å². The minimum atomic E-state index is -0.236. The van der Waals surface area contributed by atoms with E-state index in [-0.39, 0.29) is 11.8 Å². The van der Waals surface area contributed by atoms with Crippen molar-refractivity contribution in [1.29, 1.82) is 0 Å². The zero-order valence-electron chi connectivity index (χ0n) is 8.98. The predicted molar refractivity (Wildman–Crippen MR) is 60.4 cm³/mol. The van der Waals surface area contributed by atoms with Crippen molar-refractivity contribution in [3.05, 3.63) is 48.0 Å². The van der Waals surface area contributed by atoms with Crippen molar-refractivity contribution < 1.29 is 9.59 Å². The largest absolute Gasteiger partial charge is 0.274 e. The fraction of sp³-hybridized carbons (Fsp3) is 0.231. The van der Waals surface area contributed by atoms with Gasteiger partial charge in [-0.05, 0) is 12.0 Å². The van der Waals surface area contributed by atoms with Crippen molar-refractivity contribution in [2.45, 2.75) is 19.4 Å². The van der Waals surface area contributed by atoms with Crippen LogP contribution in [0.1, 0.15) is 18.4 Å². The highest BCUT2D eigenvalue weighted by atomic mass is 16.2. The molecule has 2 rings (SSSR count). The minimum absolute atomic E-state index is 0.110. The van der Waals surface area contributed by atoms with Crippen molar-refractivity contribution in [3.63, 3.8) is 0 Å². The second kappa shape index (κ2) is 4.31. The summed E-state index contributed by atoms with van der Waals surface area (Å²) >= 11 is 0. The molecule has 16 heavy (non-hydrogen) atoms. The molecule has 1 saturated heterocycles. The van der Waals surface area contributed by atoms with E-state index >= 15 is 0 Å². The van der Waals surface area contributed by atoms with Crippen LogP contribution in [0.25, 0.3) is 0 Å². The smallest absolute Gasteiger partial charge is 0.256 e. The van der Waals surface area contributed by atoms with Crippen LogP contribution in [0.3, 0.4) is 0 Å². The SMILES string of the molecule is C=C1CCC(=O)N(Cc2ccccc2)C1=O. The zero-order chi connectivity index (χ0) is 11.5. The van der Waals surface area contributed by atoms with Gasteiger partial charge >= 0.3 is 0 Å². The summed E-state index contributed by atoms with van der Waals surface area (Å²) in [5.41, 5.74) is 1.48. The molecule has 0 N–H and O–H groups in total. The highest BCUT2D eigenvalue weighted by Crippen LogP contribution is 2.18. The van der Waals surface area contributed by atoms with Gasteiger partial charge in [0.05, 0.1) is 6.54 Å². The number of benzene rings is 1. The molecular formula is C13H13NO2. The van der Waals surface area contributed by atoms with E-state index in [2.05, 4.69) is 6.58 Å². The third kappa shape index (κ3) is 2.03. The van der Waals surface area contributed by atoms with Crippen molar-refractivity contribution in [2.24, 2.45) is 0 Å². The van der Waals surface area contributed by atoms with E-state index in [1.165, 1.54) is 4.90 Å². The van der Waals surface area contributed by atoms with Crippen LogP contribution in [-0.4, -0.2) is 16.7 Å². The number of hydrogen-bond donors (Lipinski definition) is 0. The van der Waals surface area contributed by atoms with E-state index in [1.807, 2.05) is 30.3 Å². The third-order valence-corrected chi connectivity index (χ3v) is 2.67. The van der Waals surface area contributed by atoms with Gasteiger partial charge in [-0.1, -0.05) is 36.9 Å². The molecule has 0 saturated carbocycles. The first-order chi connectivity index (χ1) is 7.68. The number of likely N-dealkylation sites (tertiary alicyclic amines) is 1. The fourth-order valence-corrected chi connectivity index (χ4v) is 1.73. The van der Waals surface area contributed by atoms with Crippen molar-refractivity contribution in [3.8, 4) is 0 Å².